The first-order valence-electron chi connectivity index (χ1n) is 8.51. The van der Waals surface area contributed by atoms with Crippen molar-refractivity contribution in [2.45, 2.75) is 0 Å². The van der Waals surface area contributed by atoms with E-state index in [1.54, 1.807) is 6.07 Å². The van der Waals surface area contributed by atoms with Gasteiger partial charge in [0, 0.05) is 42.6 Å². The van der Waals surface area contributed by atoms with Crippen molar-refractivity contribution < 1.29 is 9.59 Å². The van der Waals surface area contributed by atoms with E-state index in [2.05, 4.69) is 20.4 Å². The van der Waals surface area contributed by atoms with Gasteiger partial charge in [-0.3, -0.25) is 9.59 Å². The number of rotatable bonds is 2. The van der Waals surface area contributed by atoms with Crippen molar-refractivity contribution in [2.24, 2.45) is 0 Å². The molecule has 2 aliphatic heterocycles. The number of carbonyl (C=O) groups is 2. The Morgan fingerprint density at radius 3 is 2.31 bits per heavy atom. The summed E-state index contributed by atoms with van der Waals surface area (Å²) < 4.78 is 1.32. The number of aromatic nitrogens is 3. The maximum atomic E-state index is 13.0. The van der Waals surface area contributed by atoms with Crippen LogP contribution in [0.15, 0.2) is 43.0 Å². The molecule has 130 valence electrons. The first kappa shape index (κ1) is 15.0. The summed E-state index contributed by atoms with van der Waals surface area (Å²) in [7, 11) is 0. The van der Waals surface area contributed by atoms with E-state index in [0.29, 0.717) is 11.1 Å². The number of nitrogens with zero attached hydrogens (tertiary/aromatic N) is 5. The number of hydrogen-bond acceptors (Lipinski definition) is 6. The minimum Gasteiger partial charge on any atom is -0.368 e. The molecule has 0 radical (unpaired) electrons. The van der Waals surface area contributed by atoms with Crippen molar-refractivity contribution in [3.63, 3.8) is 0 Å². The molecule has 8 nitrogen and oxygen atoms in total. The number of amides is 2. The Balaban J connectivity index is 1.71. The fourth-order valence-electron chi connectivity index (χ4n) is 3.76. The number of carbonyl (C=O) groups excluding carboxylic acids is 2. The van der Waals surface area contributed by atoms with Crippen LogP contribution < -0.4 is 15.2 Å². The van der Waals surface area contributed by atoms with Crippen molar-refractivity contribution in [2.75, 3.05) is 36.1 Å². The van der Waals surface area contributed by atoms with Crippen LogP contribution in [0.5, 0.6) is 0 Å². The third kappa shape index (κ3) is 2.05. The first-order valence-corrected chi connectivity index (χ1v) is 8.51. The standard InChI is InChI=1S/C18H16N6O2/c25-17-13-3-1-2-12-15(22-8-6-19-7-9-22)5-4-14(16(12)13)18(26)24(17)23-10-20-21-11-23/h1-5,10-11,19H,6-9H2. The molecule has 3 heterocycles. The van der Waals surface area contributed by atoms with Gasteiger partial charge in [0.1, 0.15) is 12.7 Å². The van der Waals surface area contributed by atoms with E-state index in [1.165, 1.54) is 17.3 Å². The Bertz CT molecular complexity index is 1000. The number of piperazine rings is 1. The number of benzene rings is 2. The lowest BCUT2D eigenvalue weighted by Crippen LogP contribution is -2.47. The Morgan fingerprint density at radius 2 is 1.58 bits per heavy atom. The van der Waals surface area contributed by atoms with Gasteiger partial charge in [0.15, 0.2) is 0 Å². The molecule has 2 aliphatic rings. The summed E-state index contributed by atoms with van der Waals surface area (Å²) in [6.45, 7) is 3.63. The summed E-state index contributed by atoms with van der Waals surface area (Å²) in [5.74, 6) is -0.740. The quantitative estimate of drug-likeness (QED) is 0.689. The first-order chi connectivity index (χ1) is 12.8. The molecule has 0 aliphatic carbocycles. The fourth-order valence-corrected chi connectivity index (χ4v) is 3.76. The summed E-state index contributed by atoms with van der Waals surface area (Å²) in [5.41, 5.74) is 2.09. The van der Waals surface area contributed by atoms with Crippen LogP contribution in [-0.2, 0) is 0 Å². The van der Waals surface area contributed by atoms with E-state index in [-0.39, 0.29) is 11.8 Å². The van der Waals surface area contributed by atoms with Gasteiger partial charge in [0.2, 0.25) is 0 Å². The van der Waals surface area contributed by atoms with Crippen molar-refractivity contribution in [3.05, 3.63) is 54.1 Å². The SMILES string of the molecule is O=C1c2cccc3c(N4CCNCC4)ccc(c23)C(=O)N1n1cnnc1. The molecule has 0 atom stereocenters. The van der Waals surface area contributed by atoms with Crippen LogP contribution in [0, 0.1) is 0 Å². The maximum absolute atomic E-state index is 13.0. The molecule has 0 bridgehead atoms. The van der Waals surface area contributed by atoms with Crippen LogP contribution in [0.1, 0.15) is 20.7 Å². The van der Waals surface area contributed by atoms with Crippen molar-refractivity contribution in [1.29, 1.82) is 0 Å². The van der Waals surface area contributed by atoms with Crippen LogP contribution in [0.3, 0.4) is 0 Å². The van der Waals surface area contributed by atoms with Crippen LogP contribution in [0.4, 0.5) is 5.69 Å². The lowest BCUT2D eigenvalue weighted by atomic mass is 9.93. The Hall–Kier alpha value is -3.26. The van der Waals surface area contributed by atoms with Gasteiger partial charge < -0.3 is 10.2 Å². The van der Waals surface area contributed by atoms with Gasteiger partial charge in [-0.25, -0.2) is 4.68 Å². The second-order valence-electron chi connectivity index (χ2n) is 6.36. The van der Waals surface area contributed by atoms with E-state index in [4.69, 9.17) is 0 Å². The summed E-state index contributed by atoms with van der Waals surface area (Å²) >= 11 is 0. The Morgan fingerprint density at radius 1 is 0.885 bits per heavy atom. The molecule has 2 aromatic carbocycles. The van der Waals surface area contributed by atoms with E-state index in [1.807, 2.05) is 24.3 Å². The summed E-state index contributed by atoms with van der Waals surface area (Å²) in [5, 5.41) is 13.5. The normalized spacial score (nSPS) is 17.2. The Labute approximate surface area is 149 Å². The minimum absolute atomic E-state index is 0.370. The van der Waals surface area contributed by atoms with Crippen molar-refractivity contribution in [3.8, 4) is 0 Å². The average molecular weight is 348 g/mol. The maximum Gasteiger partial charge on any atom is 0.280 e. The lowest BCUT2D eigenvalue weighted by Gasteiger charge is -2.32. The molecule has 8 heteroatoms. The second kappa shape index (κ2) is 5.63. The molecule has 5 rings (SSSR count). The molecule has 1 saturated heterocycles. The predicted molar refractivity (Wildman–Crippen MR) is 95.9 cm³/mol. The van der Waals surface area contributed by atoms with Gasteiger partial charge in [-0.15, -0.1) is 10.2 Å². The van der Waals surface area contributed by atoms with E-state index < -0.39 is 0 Å². The molecule has 1 N–H and O–H groups in total. The molecule has 0 saturated carbocycles. The summed E-state index contributed by atoms with van der Waals surface area (Å²) in [6.07, 6.45) is 2.69. The van der Waals surface area contributed by atoms with E-state index in [9.17, 15) is 9.59 Å². The van der Waals surface area contributed by atoms with Gasteiger partial charge in [-0.05, 0) is 18.2 Å². The third-order valence-electron chi connectivity index (χ3n) is 4.96. The summed E-state index contributed by atoms with van der Waals surface area (Å²) in [4.78, 5) is 28.3. The molecular weight excluding hydrogens is 332 g/mol. The molecule has 0 spiro atoms. The van der Waals surface area contributed by atoms with Gasteiger partial charge in [0.25, 0.3) is 11.8 Å². The zero-order chi connectivity index (χ0) is 17.7. The second-order valence-corrected chi connectivity index (χ2v) is 6.36. The molecule has 26 heavy (non-hydrogen) atoms. The average Bonchev–Trinajstić information content (AvgIpc) is 3.21. The van der Waals surface area contributed by atoms with Crippen molar-refractivity contribution in [1.82, 2.24) is 20.2 Å². The molecule has 3 aromatic rings. The highest BCUT2D eigenvalue weighted by atomic mass is 16.2. The number of hydrogen-bond donors (Lipinski definition) is 1. The van der Waals surface area contributed by atoms with E-state index in [0.717, 1.165) is 47.6 Å². The molecule has 2 amide bonds. The summed E-state index contributed by atoms with van der Waals surface area (Å²) in [6, 6.07) is 9.40. The number of anilines is 1. The zero-order valence-corrected chi connectivity index (χ0v) is 13.9. The van der Waals surface area contributed by atoms with E-state index >= 15 is 0 Å². The monoisotopic (exact) mass is 348 g/mol. The molecule has 0 unspecified atom stereocenters. The van der Waals surface area contributed by atoms with Crippen LogP contribution in [0.2, 0.25) is 0 Å². The number of nitrogens with one attached hydrogen (secondary N) is 1. The van der Waals surface area contributed by atoms with Gasteiger partial charge in [-0.1, -0.05) is 12.1 Å². The lowest BCUT2D eigenvalue weighted by molar-refractivity contribution is 0.0852. The highest BCUT2D eigenvalue weighted by Gasteiger charge is 2.35. The highest BCUT2D eigenvalue weighted by Crippen LogP contribution is 2.35. The molecular formula is C18H16N6O2. The fraction of sp³-hybridized carbons (Fsp3) is 0.222. The smallest absolute Gasteiger partial charge is 0.280 e. The molecule has 1 fully saturated rings. The van der Waals surface area contributed by atoms with Crippen LogP contribution in [0.25, 0.3) is 10.8 Å². The molecule has 1 aromatic heterocycles. The number of imide groups is 1. The van der Waals surface area contributed by atoms with Gasteiger partial charge in [0.05, 0.1) is 11.1 Å². The highest BCUT2D eigenvalue weighted by molar-refractivity contribution is 6.33. The van der Waals surface area contributed by atoms with Gasteiger partial charge >= 0.3 is 0 Å². The van der Waals surface area contributed by atoms with Gasteiger partial charge in [-0.2, -0.15) is 5.01 Å². The van der Waals surface area contributed by atoms with Crippen molar-refractivity contribution >= 4 is 28.3 Å². The zero-order valence-electron chi connectivity index (χ0n) is 13.9. The topological polar surface area (TPSA) is 83.4 Å². The van der Waals surface area contributed by atoms with Crippen LogP contribution >= 0.6 is 0 Å². The predicted octanol–water partition coefficient (Wildman–Crippen LogP) is 0.773. The third-order valence-corrected chi connectivity index (χ3v) is 4.96. The minimum atomic E-state index is -0.370. The Kier molecular flexibility index (Phi) is 3.26. The van der Waals surface area contributed by atoms with Crippen LogP contribution in [-0.4, -0.2) is 52.9 Å². The largest absolute Gasteiger partial charge is 0.368 e.